The average Bonchev–Trinajstić information content (AvgIpc) is 2.47. The fourth-order valence-corrected chi connectivity index (χ4v) is 2.45. The summed E-state index contributed by atoms with van der Waals surface area (Å²) in [6.07, 6.45) is 0. The maximum Gasteiger partial charge on any atom is 0.251 e. The number of benzene rings is 2. The monoisotopic (exact) mass is 369 g/mol. The number of methoxy groups -OCH3 is 1. The van der Waals surface area contributed by atoms with E-state index in [1.807, 2.05) is 12.1 Å². The van der Waals surface area contributed by atoms with Crippen molar-refractivity contribution < 1.29 is 14.6 Å². The summed E-state index contributed by atoms with van der Waals surface area (Å²) in [5, 5.41) is 13.1. The summed E-state index contributed by atoms with van der Waals surface area (Å²) in [6, 6.07) is 10.3. The lowest BCUT2D eigenvalue weighted by Crippen LogP contribution is -2.22. The Balaban J connectivity index is 2.12. The SMILES string of the molecule is COc1cc(C(=O)NCc2cccc(Cl)c2)cc(Br)c1O. The van der Waals surface area contributed by atoms with Gasteiger partial charge in [-0.3, -0.25) is 4.79 Å². The molecule has 2 aromatic rings. The van der Waals surface area contributed by atoms with Gasteiger partial charge in [0.2, 0.25) is 0 Å². The Bertz CT molecular complexity index is 676. The molecular weight excluding hydrogens is 358 g/mol. The maximum absolute atomic E-state index is 12.1. The Morgan fingerprint density at radius 3 is 2.81 bits per heavy atom. The second-order valence-electron chi connectivity index (χ2n) is 4.32. The van der Waals surface area contributed by atoms with E-state index in [4.69, 9.17) is 16.3 Å². The van der Waals surface area contributed by atoms with Gasteiger partial charge in [0.05, 0.1) is 11.6 Å². The zero-order valence-corrected chi connectivity index (χ0v) is 13.5. The molecule has 0 radical (unpaired) electrons. The summed E-state index contributed by atoms with van der Waals surface area (Å²) in [6.45, 7) is 0.361. The van der Waals surface area contributed by atoms with Crippen molar-refractivity contribution in [1.29, 1.82) is 0 Å². The second-order valence-corrected chi connectivity index (χ2v) is 5.61. The lowest BCUT2D eigenvalue weighted by molar-refractivity contribution is 0.0950. The van der Waals surface area contributed by atoms with E-state index in [0.717, 1.165) is 5.56 Å². The summed E-state index contributed by atoms with van der Waals surface area (Å²) in [5.41, 5.74) is 1.29. The van der Waals surface area contributed by atoms with E-state index in [9.17, 15) is 9.90 Å². The number of aromatic hydroxyl groups is 1. The number of hydrogen-bond acceptors (Lipinski definition) is 3. The summed E-state index contributed by atoms with van der Waals surface area (Å²) >= 11 is 9.08. The van der Waals surface area contributed by atoms with Crippen LogP contribution in [0.3, 0.4) is 0 Å². The van der Waals surface area contributed by atoms with Crippen LogP contribution in [0.4, 0.5) is 0 Å². The van der Waals surface area contributed by atoms with Crippen molar-refractivity contribution in [3.63, 3.8) is 0 Å². The second kappa shape index (κ2) is 6.83. The summed E-state index contributed by atoms with van der Waals surface area (Å²) < 4.78 is 5.42. The number of phenolic OH excluding ortho intramolecular Hbond substituents is 1. The van der Waals surface area contributed by atoms with Gasteiger partial charge in [-0.1, -0.05) is 23.7 Å². The van der Waals surface area contributed by atoms with Crippen LogP contribution in [-0.2, 0) is 6.54 Å². The molecule has 0 aromatic heterocycles. The predicted molar refractivity (Wildman–Crippen MR) is 85.0 cm³/mol. The Morgan fingerprint density at radius 2 is 2.14 bits per heavy atom. The highest BCUT2D eigenvalue weighted by atomic mass is 79.9. The van der Waals surface area contributed by atoms with E-state index >= 15 is 0 Å². The number of halogens is 2. The summed E-state index contributed by atoms with van der Waals surface area (Å²) in [5.74, 6) is -0.0739. The molecule has 0 aliphatic rings. The molecule has 0 bridgehead atoms. The third kappa shape index (κ3) is 3.89. The van der Waals surface area contributed by atoms with Gasteiger partial charge >= 0.3 is 0 Å². The van der Waals surface area contributed by atoms with Crippen molar-refractivity contribution in [1.82, 2.24) is 5.32 Å². The Labute approximate surface area is 135 Å². The van der Waals surface area contributed by atoms with Gasteiger partial charge in [-0.15, -0.1) is 0 Å². The number of amides is 1. The first-order chi connectivity index (χ1) is 10.0. The van der Waals surface area contributed by atoms with Crippen LogP contribution in [0.5, 0.6) is 11.5 Å². The molecule has 6 heteroatoms. The first kappa shape index (κ1) is 15.7. The number of ether oxygens (including phenoxy) is 1. The standard InChI is InChI=1S/C15H13BrClNO3/c1-21-13-7-10(6-12(16)14(13)19)15(20)18-8-9-3-2-4-11(17)5-9/h2-7,19H,8H2,1H3,(H,18,20). The number of phenols is 1. The van der Waals surface area contributed by atoms with Crippen LogP contribution >= 0.6 is 27.5 Å². The summed E-state index contributed by atoms with van der Waals surface area (Å²) in [7, 11) is 1.43. The van der Waals surface area contributed by atoms with Gasteiger partial charge in [0, 0.05) is 17.1 Å². The number of carbonyl (C=O) groups is 1. The Kier molecular flexibility index (Phi) is 5.09. The van der Waals surface area contributed by atoms with Gasteiger partial charge in [-0.2, -0.15) is 0 Å². The molecule has 1 amide bonds. The number of carbonyl (C=O) groups excluding carboxylic acids is 1. The fourth-order valence-electron chi connectivity index (χ4n) is 1.79. The lowest BCUT2D eigenvalue weighted by atomic mass is 10.1. The van der Waals surface area contributed by atoms with Crippen molar-refractivity contribution in [2.24, 2.45) is 0 Å². The van der Waals surface area contributed by atoms with Crippen LogP contribution < -0.4 is 10.1 Å². The van der Waals surface area contributed by atoms with E-state index in [-0.39, 0.29) is 17.4 Å². The minimum atomic E-state index is -0.269. The molecule has 2 N–H and O–H groups in total. The third-order valence-corrected chi connectivity index (χ3v) is 3.69. The van der Waals surface area contributed by atoms with Gasteiger partial charge in [0.1, 0.15) is 0 Å². The van der Waals surface area contributed by atoms with E-state index < -0.39 is 0 Å². The largest absolute Gasteiger partial charge is 0.503 e. The van der Waals surface area contributed by atoms with Crippen molar-refractivity contribution in [2.75, 3.05) is 7.11 Å². The van der Waals surface area contributed by atoms with E-state index in [1.165, 1.54) is 19.2 Å². The highest BCUT2D eigenvalue weighted by molar-refractivity contribution is 9.10. The molecule has 0 unspecified atom stereocenters. The van der Waals surface area contributed by atoms with Gasteiger partial charge in [0.25, 0.3) is 5.91 Å². The molecule has 2 rings (SSSR count). The quantitative estimate of drug-likeness (QED) is 0.862. The van der Waals surface area contributed by atoms with E-state index in [0.29, 0.717) is 21.6 Å². The molecule has 0 spiro atoms. The molecule has 110 valence electrons. The van der Waals surface area contributed by atoms with Crippen LogP contribution in [0, 0.1) is 0 Å². The molecule has 0 saturated heterocycles. The van der Waals surface area contributed by atoms with Crippen LogP contribution in [0.25, 0.3) is 0 Å². The average molecular weight is 371 g/mol. The first-order valence-electron chi connectivity index (χ1n) is 6.10. The molecule has 0 saturated carbocycles. The minimum absolute atomic E-state index is 0.0381. The predicted octanol–water partition coefficient (Wildman–Crippen LogP) is 3.75. The molecule has 0 heterocycles. The Morgan fingerprint density at radius 1 is 1.38 bits per heavy atom. The van der Waals surface area contributed by atoms with Gasteiger partial charge in [-0.25, -0.2) is 0 Å². The zero-order valence-electron chi connectivity index (χ0n) is 11.2. The van der Waals surface area contributed by atoms with E-state index in [2.05, 4.69) is 21.2 Å². The zero-order chi connectivity index (χ0) is 15.4. The first-order valence-corrected chi connectivity index (χ1v) is 7.27. The van der Waals surface area contributed by atoms with Crippen LogP contribution in [0.2, 0.25) is 5.02 Å². The normalized spacial score (nSPS) is 10.2. The molecule has 21 heavy (non-hydrogen) atoms. The molecular formula is C15H13BrClNO3. The highest BCUT2D eigenvalue weighted by Crippen LogP contribution is 2.35. The van der Waals surface area contributed by atoms with Crippen molar-refractivity contribution in [3.05, 3.63) is 57.0 Å². The molecule has 4 nitrogen and oxygen atoms in total. The van der Waals surface area contributed by atoms with Crippen molar-refractivity contribution in [2.45, 2.75) is 6.54 Å². The number of nitrogens with one attached hydrogen (secondary N) is 1. The lowest BCUT2D eigenvalue weighted by Gasteiger charge is -2.10. The highest BCUT2D eigenvalue weighted by Gasteiger charge is 2.13. The maximum atomic E-state index is 12.1. The Hall–Kier alpha value is -1.72. The van der Waals surface area contributed by atoms with Crippen LogP contribution in [0.15, 0.2) is 40.9 Å². The minimum Gasteiger partial charge on any atom is -0.503 e. The molecule has 0 aliphatic carbocycles. The third-order valence-electron chi connectivity index (χ3n) is 2.85. The molecule has 2 aromatic carbocycles. The van der Waals surface area contributed by atoms with Crippen molar-refractivity contribution in [3.8, 4) is 11.5 Å². The number of rotatable bonds is 4. The molecule has 0 fully saturated rings. The molecule has 0 aliphatic heterocycles. The van der Waals surface area contributed by atoms with Crippen LogP contribution in [0.1, 0.15) is 15.9 Å². The van der Waals surface area contributed by atoms with Crippen molar-refractivity contribution >= 4 is 33.4 Å². The van der Waals surface area contributed by atoms with Crippen LogP contribution in [-0.4, -0.2) is 18.1 Å². The fraction of sp³-hybridized carbons (Fsp3) is 0.133. The van der Waals surface area contributed by atoms with Gasteiger partial charge in [-0.05, 0) is 45.8 Å². The summed E-state index contributed by atoms with van der Waals surface area (Å²) in [4.78, 5) is 12.1. The van der Waals surface area contributed by atoms with E-state index in [1.54, 1.807) is 12.1 Å². The van der Waals surface area contributed by atoms with Gasteiger partial charge in [0.15, 0.2) is 11.5 Å². The molecule has 0 atom stereocenters. The smallest absolute Gasteiger partial charge is 0.251 e. The topological polar surface area (TPSA) is 58.6 Å². The number of hydrogen-bond donors (Lipinski definition) is 2. The van der Waals surface area contributed by atoms with Gasteiger partial charge < -0.3 is 15.2 Å².